The molecule has 106 valence electrons. The molecule has 0 amide bonds. The van der Waals surface area contributed by atoms with Gasteiger partial charge in [0.05, 0.1) is 18.6 Å². The van der Waals surface area contributed by atoms with Gasteiger partial charge in [-0.05, 0) is 44.5 Å². The maximum Gasteiger partial charge on any atom is 0.307 e. The van der Waals surface area contributed by atoms with Crippen LogP contribution >= 0.6 is 0 Å². The number of ether oxygens (including phenoxy) is 1. The highest BCUT2D eigenvalue weighted by atomic mass is 19.1. The van der Waals surface area contributed by atoms with Crippen molar-refractivity contribution in [2.75, 3.05) is 13.2 Å². The summed E-state index contributed by atoms with van der Waals surface area (Å²) in [7, 11) is 0. The molecule has 1 unspecified atom stereocenters. The Hall–Kier alpha value is -1.42. The van der Waals surface area contributed by atoms with Crippen LogP contribution in [0.5, 0.6) is 0 Å². The minimum Gasteiger partial charge on any atom is -0.466 e. The molecular weight excluding hydrogens is 245 g/mol. The number of benzene rings is 1. The number of hydrogen-bond donors (Lipinski definition) is 1. The zero-order valence-electron chi connectivity index (χ0n) is 11.8. The highest BCUT2D eigenvalue weighted by Crippen LogP contribution is 2.26. The molecule has 0 aliphatic heterocycles. The standard InChI is InChI=1S/C15H22FNO2/c1-4-9-17-15(3,11-14(18)19-5-2)12-7-6-8-13(16)10-12/h6-8,10,17H,4-5,9,11H2,1-3H3. The van der Waals surface area contributed by atoms with Gasteiger partial charge in [-0.2, -0.15) is 0 Å². The van der Waals surface area contributed by atoms with Crippen molar-refractivity contribution in [1.29, 1.82) is 0 Å². The zero-order valence-corrected chi connectivity index (χ0v) is 11.8. The molecule has 0 fully saturated rings. The van der Waals surface area contributed by atoms with E-state index < -0.39 is 5.54 Å². The Balaban J connectivity index is 2.94. The fourth-order valence-electron chi connectivity index (χ4n) is 2.00. The minimum atomic E-state index is -0.607. The molecule has 1 aromatic rings. The molecule has 0 saturated carbocycles. The first-order valence-corrected chi connectivity index (χ1v) is 6.68. The molecule has 0 radical (unpaired) electrons. The van der Waals surface area contributed by atoms with Gasteiger partial charge in [0.15, 0.2) is 0 Å². The van der Waals surface area contributed by atoms with Crippen LogP contribution in [-0.2, 0) is 15.1 Å². The molecule has 19 heavy (non-hydrogen) atoms. The maximum absolute atomic E-state index is 13.4. The van der Waals surface area contributed by atoms with Crippen LogP contribution in [0.15, 0.2) is 24.3 Å². The predicted molar refractivity (Wildman–Crippen MR) is 73.3 cm³/mol. The van der Waals surface area contributed by atoms with E-state index in [0.717, 1.165) is 18.5 Å². The smallest absolute Gasteiger partial charge is 0.307 e. The summed E-state index contributed by atoms with van der Waals surface area (Å²) in [4.78, 5) is 11.7. The number of nitrogens with one attached hydrogen (secondary N) is 1. The normalized spacial score (nSPS) is 13.9. The summed E-state index contributed by atoms with van der Waals surface area (Å²) < 4.78 is 18.4. The second-order valence-corrected chi connectivity index (χ2v) is 4.75. The Morgan fingerprint density at radius 2 is 2.16 bits per heavy atom. The van der Waals surface area contributed by atoms with Gasteiger partial charge in [0, 0.05) is 0 Å². The third-order valence-electron chi connectivity index (χ3n) is 3.03. The van der Waals surface area contributed by atoms with Crippen LogP contribution in [0.2, 0.25) is 0 Å². The molecule has 0 aromatic heterocycles. The van der Waals surface area contributed by atoms with Gasteiger partial charge >= 0.3 is 5.97 Å². The maximum atomic E-state index is 13.4. The number of carbonyl (C=O) groups is 1. The molecule has 0 heterocycles. The Kier molecular flexibility index (Phi) is 5.96. The van der Waals surface area contributed by atoms with Crippen LogP contribution in [0.3, 0.4) is 0 Å². The first-order chi connectivity index (χ1) is 9.01. The van der Waals surface area contributed by atoms with E-state index in [1.54, 1.807) is 13.0 Å². The van der Waals surface area contributed by atoms with Crippen LogP contribution in [-0.4, -0.2) is 19.1 Å². The number of rotatable bonds is 7. The van der Waals surface area contributed by atoms with E-state index in [0.29, 0.717) is 6.61 Å². The van der Waals surface area contributed by atoms with Gasteiger partial charge in [-0.3, -0.25) is 4.79 Å². The fraction of sp³-hybridized carbons (Fsp3) is 0.533. The molecule has 1 N–H and O–H groups in total. The van der Waals surface area contributed by atoms with Gasteiger partial charge in [0.25, 0.3) is 0 Å². The summed E-state index contributed by atoms with van der Waals surface area (Å²) >= 11 is 0. The lowest BCUT2D eigenvalue weighted by atomic mass is 9.88. The van der Waals surface area contributed by atoms with Crippen molar-refractivity contribution >= 4 is 5.97 Å². The third-order valence-corrected chi connectivity index (χ3v) is 3.03. The van der Waals surface area contributed by atoms with E-state index in [2.05, 4.69) is 5.32 Å². The van der Waals surface area contributed by atoms with Crippen molar-refractivity contribution in [3.63, 3.8) is 0 Å². The molecule has 3 nitrogen and oxygen atoms in total. The molecule has 1 aromatic carbocycles. The summed E-state index contributed by atoms with van der Waals surface area (Å²) in [6.45, 7) is 6.83. The molecule has 1 rings (SSSR count). The van der Waals surface area contributed by atoms with Crippen LogP contribution < -0.4 is 5.32 Å². The van der Waals surface area contributed by atoms with E-state index in [1.165, 1.54) is 12.1 Å². The zero-order chi connectivity index (χ0) is 14.3. The first kappa shape index (κ1) is 15.6. The van der Waals surface area contributed by atoms with Crippen LogP contribution in [0.4, 0.5) is 4.39 Å². The largest absolute Gasteiger partial charge is 0.466 e. The minimum absolute atomic E-state index is 0.185. The third kappa shape index (κ3) is 4.63. The average Bonchev–Trinajstić information content (AvgIpc) is 2.36. The monoisotopic (exact) mass is 267 g/mol. The summed E-state index contributed by atoms with van der Waals surface area (Å²) in [6.07, 6.45) is 1.12. The quantitative estimate of drug-likeness (QED) is 0.772. The van der Waals surface area contributed by atoms with Gasteiger partial charge in [0.2, 0.25) is 0 Å². The Labute approximate surface area is 114 Å². The first-order valence-electron chi connectivity index (χ1n) is 6.68. The Bertz CT molecular complexity index is 422. The number of esters is 1. The van der Waals surface area contributed by atoms with Crippen LogP contribution in [0.25, 0.3) is 0 Å². The van der Waals surface area contributed by atoms with Crippen molar-refractivity contribution in [1.82, 2.24) is 5.32 Å². The molecule has 0 saturated heterocycles. The SMILES string of the molecule is CCCNC(C)(CC(=O)OCC)c1cccc(F)c1. The second-order valence-electron chi connectivity index (χ2n) is 4.75. The second kappa shape index (κ2) is 7.24. The molecule has 0 aliphatic carbocycles. The van der Waals surface area contributed by atoms with Crippen molar-refractivity contribution in [3.05, 3.63) is 35.6 Å². The Morgan fingerprint density at radius 3 is 2.74 bits per heavy atom. The highest BCUT2D eigenvalue weighted by Gasteiger charge is 2.29. The van der Waals surface area contributed by atoms with Gasteiger partial charge in [-0.1, -0.05) is 19.1 Å². The lowest BCUT2D eigenvalue weighted by Crippen LogP contribution is -2.42. The van der Waals surface area contributed by atoms with E-state index >= 15 is 0 Å². The van der Waals surface area contributed by atoms with Crippen molar-refractivity contribution < 1.29 is 13.9 Å². The van der Waals surface area contributed by atoms with E-state index in [1.807, 2.05) is 19.9 Å². The predicted octanol–water partition coefficient (Wildman–Crippen LogP) is 2.99. The molecule has 0 spiro atoms. The van der Waals surface area contributed by atoms with Gasteiger partial charge in [-0.25, -0.2) is 4.39 Å². The Morgan fingerprint density at radius 1 is 1.42 bits per heavy atom. The molecule has 0 bridgehead atoms. The van der Waals surface area contributed by atoms with E-state index in [9.17, 15) is 9.18 Å². The number of halogens is 1. The lowest BCUT2D eigenvalue weighted by molar-refractivity contribution is -0.144. The van der Waals surface area contributed by atoms with Gasteiger partial charge in [-0.15, -0.1) is 0 Å². The van der Waals surface area contributed by atoms with E-state index in [-0.39, 0.29) is 18.2 Å². The van der Waals surface area contributed by atoms with E-state index in [4.69, 9.17) is 4.74 Å². The lowest BCUT2D eigenvalue weighted by Gasteiger charge is -2.30. The summed E-state index contributed by atoms with van der Waals surface area (Å²) in [5, 5.41) is 3.31. The average molecular weight is 267 g/mol. The topological polar surface area (TPSA) is 38.3 Å². The molecule has 4 heteroatoms. The number of hydrogen-bond acceptors (Lipinski definition) is 3. The number of carbonyl (C=O) groups excluding carboxylic acids is 1. The van der Waals surface area contributed by atoms with Crippen LogP contribution in [0.1, 0.15) is 39.2 Å². The van der Waals surface area contributed by atoms with Gasteiger partial charge in [0.1, 0.15) is 5.82 Å². The molecule has 1 atom stereocenters. The summed E-state index contributed by atoms with van der Waals surface area (Å²) in [5.41, 5.74) is 0.152. The van der Waals surface area contributed by atoms with Crippen LogP contribution in [0, 0.1) is 5.82 Å². The van der Waals surface area contributed by atoms with Gasteiger partial charge < -0.3 is 10.1 Å². The summed E-state index contributed by atoms with van der Waals surface area (Å²) in [6, 6.07) is 6.34. The highest BCUT2D eigenvalue weighted by molar-refractivity contribution is 5.71. The van der Waals surface area contributed by atoms with Crippen molar-refractivity contribution in [3.8, 4) is 0 Å². The van der Waals surface area contributed by atoms with Crippen molar-refractivity contribution in [2.45, 2.75) is 39.2 Å². The molecule has 0 aliphatic rings. The molecular formula is C15H22FNO2. The fourth-order valence-corrected chi connectivity index (χ4v) is 2.00. The summed E-state index contributed by atoms with van der Waals surface area (Å²) in [5.74, 6) is -0.580. The van der Waals surface area contributed by atoms with Crippen molar-refractivity contribution in [2.24, 2.45) is 0 Å².